The zero-order chi connectivity index (χ0) is 17.7. The van der Waals surface area contributed by atoms with Crippen molar-refractivity contribution in [3.8, 4) is 5.75 Å². The number of hydrogen-bond acceptors (Lipinski definition) is 6. The number of hydrogen-bond donors (Lipinski definition) is 0. The third kappa shape index (κ3) is 3.59. The molecular weight excluding hydrogens is 310 g/mol. The van der Waals surface area contributed by atoms with Gasteiger partial charge >= 0.3 is 11.9 Å². The van der Waals surface area contributed by atoms with Gasteiger partial charge in [0.05, 0.1) is 37.9 Å². The first-order valence-corrected chi connectivity index (χ1v) is 7.56. The first-order chi connectivity index (χ1) is 11.5. The Hall–Kier alpha value is -2.76. The molecule has 0 saturated heterocycles. The predicted molar refractivity (Wildman–Crippen MR) is 88.3 cm³/mol. The van der Waals surface area contributed by atoms with Crippen LogP contribution in [0.25, 0.3) is 0 Å². The van der Waals surface area contributed by atoms with E-state index in [2.05, 4.69) is 0 Å². The van der Waals surface area contributed by atoms with Crippen LogP contribution in [0.4, 0.5) is 0 Å². The lowest BCUT2D eigenvalue weighted by Crippen LogP contribution is -2.27. The zero-order valence-electron chi connectivity index (χ0n) is 14.2. The Labute approximate surface area is 141 Å². The van der Waals surface area contributed by atoms with Gasteiger partial charge in [0, 0.05) is 19.4 Å². The Bertz CT molecular complexity index is 641. The Balaban J connectivity index is 2.48. The van der Waals surface area contributed by atoms with Crippen LogP contribution in [-0.2, 0) is 19.1 Å². The molecule has 1 aliphatic rings. The summed E-state index contributed by atoms with van der Waals surface area (Å²) in [6, 6.07) is 7.27. The number of rotatable bonds is 5. The second kappa shape index (κ2) is 7.68. The second-order valence-electron chi connectivity index (χ2n) is 5.25. The summed E-state index contributed by atoms with van der Waals surface area (Å²) < 4.78 is 15.2. The molecule has 0 atom stereocenters. The van der Waals surface area contributed by atoms with Gasteiger partial charge in [-0.2, -0.15) is 0 Å². The molecule has 0 radical (unpaired) electrons. The van der Waals surface area contributed by atoms with Crippen molar-refractivity contribution in [2.75, 3.05) is 27.9 Å². The predicted octanol–water partition coefficient (Wildman–Crippen LogP) is 2.23. The number of nitrogens with zero attached hydrogens (tertiary/aromatic N) is 1. The Morgan fingerprint density at radius 2 is 1.50 bits per heavy atom. The molecule has 0 saturated carbocycles. The van der Waals surface area contributed by atoms with Gasteiger partial charge in [-0.05, 0) is 24.6 Å². The Morgan fingerprint density at radius 1 is 1.00 bits per heavy atom. The minimum Gasteiger partial charge on any atom is -0.494 e. The molecule has 6 nitrogen and oxygen atoms in total. The average Bonchev–Trinajstić information content (AvgIpc) is 2.60. The van der Waals surface area contributed by atoms with E-state index in [1.807, 2.05) is 19.1 Å². The molecule has 1 aromatic rings. The van der Waals surface area contributed by atoms with Crippen molar-refractivity contribution >= 4 is 11.9 Å². The number of benzene rings is 1. The maximum Gasteiger partial charge on any atom is 0.336 e. The molecular formula is C18H21NO5. The molecule has 24 heavy (non-hydrogen) atoms. The summed E-state index contributed by atoms with van der Waals surface area (Å²) in [5.74, 6) is -0.816. The minimum absolute atomic E-state index is 0.368. The fourth-order valence-corrected chi connectivity index (χ4v) is 2.65. The molecule has 1 aliphatic heterocycles. The van der Waals surface area contributed by atoms with Crippen molar-refractivity contribution in [1.82, 2.24) is 4.90 Å². The summed E-state index contributed by atoms with van der Waals surface area (Å²) in [6.45, 7) is 2.47. The van der Waals surface area contributed by atoms with E-state index in [9.17, 15) is 9.59 Å². The molecule has 0 unspecified atom stereocenters. The molecule has 0 aliphatic carbocycles. The fourth-order valence-electron chi connectivity index (χ4n) is 2.65. The van der Waals surface area contributed by atoms with Crippen LogP contribution in [0.3, 0.4) is 0 Å². The van der Waals surface area contributed by atoms with Gasteiger partial charge in [0.25, 0.3) is 0 Å². The lowest BCUT2D eigenvalue weighted by molar-refractivity contribution is -0.137. The first-order valence-electron chi connectivity index (χ1n) is 7.56. The van der Waals surface area contributed by atoms with Gasteiger partial charge in [0.2, 0.25) is 0 Å². The normalized spacial score (nSPS) is 14.6. The topological polar surface area (TPSA) is 65.1 Å². The molecule has 0 spiro atoms. The highest BCUT2D eigenvalue weighted by atomic mass is 16.5. The molecule has 1 aromatic carbocycles. The van der Waals surface area contributed by atoms with Crippen molar-refractivity contribution in [1.29, 1.82) is 0 Å². The van der Waals surface area contributed by atoms with Gasteiger partial charge < -0.3 is 19.1 Å². The summed E-state index contributed by atoms with van der Waals surface area (Å²) in [7, 11) is 4.36. The van der Waals surface area contributed by atoms with Gasteiger partial charge in [0.1, 0.15) is 5.75 Å². The van der Waals surface area contributed by atoms with Crippen LogP contribution in [0.2, 0.25) is 0 Å². The number of methoxy groups -OCH3 is 2. The molecule has 0 amide bonds. The quantitative estimate of drug-likeness (QED) is 0.771. The van der Waals surface area contributed by atoms with E-state index in [0.29, 0.717) is 17.8 Å². The third-order valence-electron chi connectivity index (χ3n) is 3.67. The number of carbonyl (C=O) groups excluding carboxylic acids is 2. The Morgan fingerprint density at radius 3 is 1.92 bits per heavy atom. The van der Waals surface area contributed by atoms with Crippen LogP contribution in [0.1, 0.15) is 18.4 Å². The highest BCUT2D eigenvalue weighted by Crippen LogP contribution is 2.37. The minimum atomic E-state index is -0.559. The van der Waals surface area contributed by atoms with Crippen LogP contribution in [0.15, 0.2) is 47.8 Å². The first kappa shape index (κ1) is 17.6. The molecule has 0 N–H and O–H groups in total. The van der Waals surface area contributed by atoms with Gasteiger partial charge in [-0.1, -0.05) is 12.1 Å². The SMILES string of the molecule is CCOc1ccc(C2C(C(=O)OC)=CN(C)C=C2C(=O)OC)cc1. The number of ether oxygens (including phenoxy) is 3. The smallest absolute Gasteiger partial charge is 0.336 e. The van der Waals surface area contributed by atoms with Crippen molar-refractivity contribution in [2.24, 2.45) is 0 Å². The monoisotopic (exact) mass is 331 g/mol. The van der Waals surface area contributed by atoms with Gasteiger partial charge in [-0.15, -0.1) is 0 Å². The number of esters is 2. The van der Waals surface area contributed by atoms with E-state index in [0.717, 1.165) is 11.3 Å². The Kier molecular flexibility index (Phi) is 5.63. The third-order valence-corrected chi connectivity index (χ3v) is 3.67. The number of carbonyl (C=O) groups is 2. The maximum absolute atomic E-state index is 12.2. The highest BCUT2D eigenvalue weighted by molar-refractivity contribution is 5.98. The van der Waals surface area contributed by atoms with E-state index >= 15 is 0 Å². The molecule has 0 fully saturated rings. The average molecular weight is 331 g/mol. The summed E-state index contributed by atoms with van der Waals surface area (Å²) in [6.07, 6.45) is 3.30. The van der Waals surface area contributed by atoms with E-state index < -0.39 is 17.9 Å². The zero-order valence-corrected chi connectivity index (χ0v) is 14.2. The molecule has 6 heteroatoms. The van der Waals surface area contributed by atoms with E-state index in [1.54, 1.807) is 36.5 Å². The van der Waals surface area contributed by atoms with Gasteiger partial charge in [0.15, 0.2) is 0 Å². The van der Waals surface area contributed by atoms with Crippen molar-refractivity contribution < 1.29 is 23.8 Å². The van der Waals surface area contributed by atoms with E-state index in [4.69, 9.17) is 14.2 Å². The van der Waals surface area contributed by atoms with Crippen LogP contribution >= 0.6 is 0 Å². The van der Waals surface area contributed by atoms with Gasteiger partial charge in [-0.3, -0.25) is 0 Å². The van der Waals surface area contributed by atoms with Crippen molar-refractivity contribution in [3.63, 3.8) is 0 Å². The molecule has 0 aromatic heterocycles. The van der Waals surface area contributed by atoms with Crippen LogP contribution in [-0.4, -0.2) is 44.7 Å². The van der Waals surface area contributed by atoms with E-state index in [-0.39, 0.29) is 0 Å². The van der Waals surface area contributed by atoms with Crippen LogP contribution < -0.4 is 4.74 Å². The largest absolute Gasteiger partial charge is 0.494 e. The molecule has 1 heterocycles. The highest BCUT2D eigenvalue weighted by Gasteiger charge is 2.34. The lowest BCUT2D eigenvalue weighted by atomic mass is 9.83. The summed E-state index contributed by atoms with van der Waals surface area (Å²) in [5, 5.41) is 0. The molecule has 0 bridgehead atoms. The standard InChI is InChI=1S/C18H21NO5/c1-5-24-13-8-6-12(7-9-13)16-14(17(20)22-3)10-19(2)11-15(16)18(21)23-4/h6-11,16H,5H2,1-4H3. The van der Waals surface area contributed by atoms with E-state index in [1.165, 1.54) is 14.2 Å². The van der Waals surface area contributed by atoms with Gasteiger partial charge in [-0.25, -0.2) is 9.59 Å². The summed E-state index contributed by atoms with van der Waals surface area (Å²) in [4.78, 5) is 26.0. The molecule has 128 valence electrons. The maximum atomic E-state index is 12.2. The summed E-state index contributed by atoms with van der Waals surface area (Å²) >= 11 is 0. The molecule has 2 rings (SSSR count). The van der Waals surface area contributed by atoms with Crippen molar-refractivity contribution in [3.05, 3.63) is 53.4 Å². The fraction of sp³-hybridized carbons (Fsp3) is 0.333. The van der Waals surface area contributed by atoms with Crippen molar-refractivity contribution in [2.45, 2.75) is 12.8 Å². The van der Waals surface area contributed by atoms with Crippen LogP contribution in [0.5, 0.6) is 5.75 Å². The van der Waals surface area contributed by atoms with Crippen LogP contribution in [0, 0.1) is 0 Å². The second-order valence-corrected chi connectivity index (χ2v) is 5.25. The summed E-state index contributed by atoms with van der Waals surface area (Å²) in [5.41, 5.74) is 1.51. The lowest BCUT2D eigenvalue weighted by Gasteiger charge is -2.28.